The van der Waals surface area contributed by atoms with E-state index in [-0.39, 0.29) is 17.3 Å². The molecule has 2 aliphatic rings. The number of H-pyrrole nitrogens is 1. The van der Waals surface area contributed by atoms with E-state index in [2.05, 4.69) is 25.9 Å². The molecule has 132 valence electrons. The number of amides is 1. The maximum absolute atomic E-state index is 14.2. The predicted molar refractivity (Wildman–Crippen MR) is 84.1 cm³/mol. The van der Waals surface area contributed by atoms with Crippen LogP contribution in [0.15, 0.2) is 18.2 Å². The Morgan fingerprint density at radius 2 is 2.20 bits per heavy atom. The Morgan fingerprint density at radius 3 is 2.88 bits per heavy atom. The lowest BCUT2D eigenvalue weighted by Crippen LogP contribution is -2.33. The van der Waals surface area contributed by atoms with Crippen LogP contribution < -0.4 is 5.32 Å². The molecule has 4 rings (SSSR count). The SMILES string of the molecule is O=C(C[C@@H]1C[C@H]2CC[C@H]1C2)N[C@H](c1nn[nH]n1)c1cc(F)ccc1F. The highest BCUT2D eigenvalue weighted by molar-refractivity contribution is 5.77. The van der Waals surface area contributed by atoms with Crippen molar-refractivity contribution >= 4 is 5.91 Å². The zero-order chi connectivity index (χ0) is 17.4. The molecular weight excluding hydrogens is 328 g/mol. The van der Waals surface area contributed by atoms with Crippen LogP contribution in [0.5, 0.6) is 0 Å². The standard InChI is InChI=1S/C17H19F2N5O/c18-12-3-4-14(19)13(8-12)16(17-21-23-24-22-17)20-15(25)7-11-6-9-1-2-10(11)5-9/h3-4,8-11,16H,1-2,5-7H2,(H,20,25)(H,21,22,23,24)/t9-,10-,11-,16-/m0/s1. The number of carbonyl (C=O) groups is 1. The highest BCUT2D eigenvalue weighted by Crippen LogP contribution is 2.49. The minimum atomic E-state index is -0.972. The summed E-state index contributed by atoms with van der Waals surface area (Å²) < 4.78 is 27.8. The van der Waals surface area contributed by atoms with E-state index in [1.54, 1.807) is 0 Å². The number of aromatic nitrogens is 4. The molecule has 2 aliphatic carbocycles. The molecule has 1 heterocycles. The Kier molecular flexibility index (Phi) is 4.19. The van der Waals surface area contributed by atoms with Gasteiger partial charge in [-0.15, -0.1) is 10.2 Å². The Bertz CT molecular complexity index is 766. The molecule has 0 unspecified atom stereocenters. The number of benzene rings is 1. The summed E-state index contributed by atoms with van der Waals surface area (Å²) in [6.45, 7) is 0. The van der Waals surface area contributed by atoms with Gasteiger partial charge in [0.2, 0.25) is 11.7 Å². The van der Waals surface area contributed by atoms with E-state index in [4.69, 9.17) is 0 Å². The van der Waals surface area contributed by atoms with Gasteiger partial charge in [0.1, 0.15) is 17.7 Å². The number of halogens is 2. The van der Waals surface area contributed by atoms with E-state index >= 15 is 0 Å². The number of nitrogens with zero attached hydrogens (tertiary/aromatic N) is 3. The van der Waals surface area contributed by atoms with Crippen molar-refractivity contribution < 1.29 is 13.6 Å². The average molecular weight is 347 g/mol. The van der Waals surface area contributed by atoms with Crippen LogP contribution in [0.1, 0.15) is 49.5 Å². The molecule has 2 N–H and O–H groups in total. The lowest BCUT2D eigenvalue weighted by molar-refractivity contribution is -0.123. The van der Waals surface area contributed by atoms with Gasteiger partial charge >= 0.3 is 0 Å². The smallest absolute Gasteiger partial charge is 0.221 e. The van der Waals surface area contributed by atoms with Gasteiger partial charge in [-0.1, -0.05) is 11.6 Å². The molecule has 4 atom stereocenters. The molecule has 2 aromatic rings. The molecule has 8 heteroatoms. The highest BCUT2D eigenvalue weighted by atomic mass is 19.1. The largest absolute Gasteiger partial charge is 0.342 e. The fourth-order valence-corrected chi connectivity index (χ4v) is 4.39. The summed E-state index contributed by atoms with van der Waals surface area (Å²) in [5.74, 6) is 0.425. The Labute approximate surface area is 143 Å². The molecule has 6 nitrogen and oxygen atoms in total. The van der Waals surface area contributed by atoms with Gasteiger partial charge in [0.15, 0.2) is 0 Å². The van der Waals surface area contributed by atoms with E-state index in [1.165, 1.54) is 19.3 Å². The highest BCUT2D eigenvalue weighted by Gasteiger charge is 2.40. The first-order chi connectivity index (χ1) is 12.1. The fourth-order valence-electron chi connectivity index (χ4n) is 4.39. The van der Waals surface area contributed by atoms with Crippen LogP contribution in [0, 0.1) is 29.4 Å². The third kappa shape index (κ3) is 3.25. The van der Waals surface area contributed by atoms with Gasteiger partial charge in [-0.25, -0.2) is 8.78 Å². The van der Waals surface area contributed by atoms with Crippen LogP contribution in [-0.4, -0.2) is 26.5 Å². The molecule has 0 radical (unpaired) electrons. The quantitative estimate of drug-likeness (QED) is 0.870. The zero-order valence-electron chi connectivity index (χ0n) is 13.6. The van der Waals surface area contributed by atoms with Crippen LogP contribution in [-0.2, 0) is 4.79 Å². The molecule has 1 amide bonds. The number of rotatable bonds is 5. The maximum atomic E-state index is 14.2. The van der Waals surface area contributed by atoms with E-state index in [9.17, 15) is 13.6 Å². The van der Waals surface area contributed by atoms with Crippen molar-refractivity contribution in [1.82, 2.24) is 25.9 Å². The van der Waals surface area contributed by atoms with Crippen LogP contribution in [0.25, 0.3) is 0 Å². The number of tetrazole rings is 1. The van der Waals surface area contributed by atoms with Crippen molar-refractivity contribution in [3.8, 4) is 0 Å². The second-order valence-corrected chi connectivity index (χ2v) is 7.08. The molecule has 0 aliphatic heterocycles. The van der Waals surface area contributed by atoms with E-state index in [0.717, 1.165) is 30.5 Å². The third-order valence-electron chi connectivity index (χ3n) is 5.53. The van der Waals surface area contributed by atoms with Gasteiger partial charge in [-0.05, 0) is 55.2 Å². The van der Waals surface area contributed by atoms with Gasteiger partial charge in [0.25, 0.3) is 0 Å². The fraction of sp³-hybridized carbons (Fsp3) is 0.529. The molecule has 0 spiro atoms. The number of aromatic amines is 1. The van der Waals surface area contributed by atoms with Crippen molar-refractivity contribution in [3.05, 3.63) is 41.2 Å². The summed E-state index contributed by atoms with van der Waals surface area (Å²) in [6.07, 6.45) is 5.15. The van der Waals surface area contributed by atoms with Gasteiger partial charge in [-0.3, -0.25) is 4.79 Å². The third-order valence-corrected chi connectivity index (χ3v) is 5.53. The first-order valence-electron chi connectivity index (χ1n) is 8.58. The van der Waals surface area contributed by atoms with Crippen molar-refractivity contribution in [2.75, 3.05) is 0 Å². The minimum absolute atomic E-state index is 0.0114. The van der Waals surface area contributed by atoms with Gasteiger partial charge in [-0.2, -0.15) is 5.21 Å². The topological polar surface area (TPSA) is 83.6 Å². The molecule has 1 aromatic carbocycles. The second kappa shape index (κ2) is 6.50. The summed E-state index contributed by atoms with van der Waals surface area (Å²) in [4.78, 5) is 12.5. The Hall–Kier alpha value is -2.38. The average Bonchev–Trinajstić information content (AvgIpc) is 3.32. The zero-order valence-corrected chi connectivity index (χ0v) is 13.6. The van der Waals surface area contributed by atoms with Crippen molar-refractivity contribution in [2.24, 2.45) is 17.8 Å². The molecule has 25 heavy (non-hydrogen) atoms. The lowest BCUT2D eigenvalue weighted by atomic mass is 9.86. The molecule has 2 bridgehead atoms. The normalized spacial score (nSPS) is 25.9. The first-order valence-corrected chi connectivity index (χ1v) is 8.58. The van der Waals surface area contributed by atoms with Crippen molar-refractivity contribution in [1.29, 1.82) is 0 Å². The van der Waals surface area contributed by atoms with Crippen molar-refractivity contribution in [3.63, 3.8) is 0 Å². The Balaban J connectivity index is 1.52. The number of hydrogen-bond acceptors (Lipinski definition) is 4. The van der Waals surface area contributed by atoms with Crippen molar-refractivity contribution in [2.45, 2.75) is 38.1 Å². The summed E-state index contributed by atoms with van der Waals surface area (Å²) in [6, 6.07) is 2.14. The van der Waals surface area contributed by atoms with Gasteiger partial charge in [0, 0.05) is 12.0 Å². The van der Waals surface area contributed by atoms with Gasteiger partial charge in [0.05, 0.1) is 0 Å². The minimum Gasteiger partial charge on any atom is -0.342 e. The maximum Gasteiger partial charge on any atom is 0.221 e. The first kappa shape index (κ1) is 16.1. The molecule has 1 aromatic heterocycles. The summed E-state index contributed by atoms with van der Waals surface area (Å²) in [5, 5.41) is 16.2. The molecule has 2 fully saturated rings. The summed E-state index contributed by atoms with van der Waals surface area (Å²) in [7, 11) is 0. The van der Waals surface area contributed by atoms with E-state index in [1.807, 2.05) is 0 Å². The lowest BCUT2D eigenvalue weighted by Gasteiger charge is -2.23. The summed E-state index contributed by atoms with van der Waals surface area (Å²) in [5.41, 5.74) is -0.0114. The monoisotopic (exact) mass is 347 g/mol. The second-order valence-electron chi connectivity index (χ2n) is 7.08. The number of carbonyl (C=O) groups excluding carboxylic acids is 1. The molecular formula is C17H19F2N5O. The number of nitrogens with one attached hydrogen (secondary N) is 2. The van der Waals surface area contributed by atoms with Crippen LogP contribution in [0.3, 0.4) is 0 Å². The Morgan fingerprint density at radius 1 is 1.32 bits per heavy atom. The number of fused-ring (bicyclic) bond motifs is 2. The molecule has 2 saturated carbocycles. The number of hydrogen-bond donors (Lipinski definition) is 2. The predicted octanol–water partition coefficient (Wildman–Crippen LogP) is 2.51. The molecule has 0 saturated heterocycles. The van der Waals surface area contributed by atoms with E-state index in [0.29, 0.717) is 18.3 Å². The van der Waals surface area contributed by atoms with Crippen LogP contribution >= 0.6 is 0 Å². The van der Waals surface area contributed by atoms with Crippen LogP contribution in [0.4, 0.5) is 8.78 Å². The van der Waals surface area contributed by atoms with E-state index < -0.39 is 17.7 Å². The van der Waals surface area contributed by atoms with Crippen LogP contribution in [0.2, 0.25) is 0 Å². The van der Waals surface area contributed by atoms with Gasteiger partial charge < -0.3 is 5.32 Å². The summed E-state index contributed by atoms with van der Waals surface area (Å²) >= 11 is 0.